The average Bonchev–Trinajstić information content (AvgIpc) is 3.34. The Hall–Kier alpha value is -4.66. The van der Waals surface area contributed by atoms with Crippen molar-refractivity contribution in [1.29, 1.82) is 0 Å². The molecule has 4 aromatic carbocycles. The Labute approximate surface area is 235 Å². The SMILES string of the molecule is Cc1ccc(C2CC23C(=O)Nc2cc(Cl)c(-c4ccc(-c5ccc(N6C=NNN6)cc5)cc4)cc23)cc1C(=O)O. The molecule has 1 amide bonds. The maximum absolute atomic E-state index is 13.3. The summed E-state index contributed by atoms with van der Waals surface area (Å²) in [5.41, 5.74) is 13.2. The van der Waals surface area contributed by atoms with Gasteiger partial charge < -0.3 is 10.4 Å². The van der Waals surface area contributed by atoms with Gasteiger partial charge in [0, 0.05) is 17.2 Å². The number of hydrogen-bond acceptors (Lipinski definition) is 6. The number of nitrogens with zero attached hydrogens (tertiary/aromatic N) is 2. The number of amides is 1. The molecule has 4 aromatic rings. The third-order valence-corrected chi connectivity index (χ3v) is 8.49. The van der Waals surface area contributed by atoms with E-state index in [2.05, 4.69) is 45.8 Å². The first kappa shape index (κ1) is 24.4. The molecule has 7 rings (SSSR count). The minimum Gasteiger partial charge on any atom is -0.478 e. The van der Waals surface area contributed by atoms with Gasteiger partial charge in [-0.2, -0.15) is 5.10 Å². The number of carbonyl (C=O) groups excluding carboxylic acids is 1. The van der Waals surface area contributed by atoms with Gasteiger partial charge in [0.25, 0.3) is 0 Å². The molecule has 2 atom stereocenters. The molecule has 1 fully saturated rings. The highest BCUT2D eigenvalue weighted by molar-refractivity contribution is 6.34. The van der Waals surface area contributed by atoms with Gasteiger partial charge in [-0.25, -0.2) is 15.3 Å². The number of carbonyl (C=O) groups is 2. The van der Waals surface area contributed by atoms with E-state index in [4.69, 9.17) is 11.6 Å². The number of rotatable bonds is 5. The van der Waals surface area contributed by atoms with Crippen molar-refractivity contribution in [3.8, 4) is 22.3 Å². The second-order valence-corrected chi connectivity index (χ2v) is 10.8. The van der Waals surface area contributed by atoms with Crippen LogP contribution in [0.2, 0.25) is 5.02 Å². The number of hydrazine groups is 2. The number of hydrogen-bond donors (Lipinski definition) is 4. The van der Waals surface area contributed by atoms with Gasteiger partial charge in [-0.05, 0) is 77.1 Å². The topological polar surface area (TPSA) is 106 Å². The average molecular weight is 550 g/mol. The summed E-state index contributed by atoms with van der Waals surface area (Å²) in [7, 11) is 0. The summed E-state index contributed by atoms with van der Waals surface area (Å²) < 4.78 is 0. The second kappa shape index (κ2) is 8.94. The minimum absolute atomic E-state index is 0.0665. The summed E-state index contributed by atoms with van der Waals surface area (Å²) in [5, 5.41) is 18.9. The molecule has 0 radical (unpaired) electrons. The van der Waals surface area contributed by atoms with Crippen molar-refractivity contribution in [2.75, 3.05) is 10.3 Å². The van der Waals surface area contributed by atoms with Crippen LogP contribution in [0.4, 0.5) is 11.4 Å². The monoisotopic (exact) mass is 549 g/mol. The number of benzene rings is 4. The molecule has 1 saturated carbocycles. The summed E-state index contributed by atoms with van der Waals surface area (Å²) in [6.45, 7) is 1.78. The van der Waals surface area contributed by atoms with Crippen LogP contribution in [0.3, 0.4) is 0 Å². The van der Waals surface area contributed by atoms with Gasteiger partial charge in [0.15, 0.2) is 0 Å². The van der Waals surface area contributed by atoms with Gasteiger partial charge in [0.2, 0.25) is 5.91 Å². The van der Waals surface area contributed by atoms with Crippen LogP contribution in [0.5, 0.6) is 0 Å². The van der Waals surface area contributed by atoms with Crippen molar-refractivity contribution in [2.24, 2.45) is 5.10 Å². The number of aryl methyl sites for hydroxylation is 1. The van der Waals surface area contributed by atoms with E-state index in [-0.39, 0.29) is 17.4 Å². The lowest BCUT2D eigenvalue weighted by Crippen LogP contribution is -2.37. The van der Waals surface area contributed by atoms with Crippen LogP contribution in [0.25, 0.3) is 22.3 Å². The Balaban J connectivity index is 1.19. The van der Waals surface area contributed by atoms with E-state index >= 15 is 0 Å². The number of aromatic carboxylic acids is 1. The first-order valence-corrected chi connectivity index (χ1v) is 13.3. The molecule has 8 nitrogen and oxygen atoms in total. The van der Waals surface area contributed by atoms with Crippen molar-refractivity contribution in [1.82, 2.24) is 11.1 Å². The van der Waals surface area contributed by atoms with Crippen LogP contribution >= 0.6 is 11.6 Å². The quantitative estimate of drug-likeness (QED) is 0.249. The number of carboxylic acids is 1. The zero-order chi connectivity index (χ0) is 27.6. The van der Waals surface area contributed by atoms with Crippen molar-refractivity contribution in [3.05, 3.63) is 106 Å². The third kappa shape index (κ3) is 3.76. The molecule has 1 aliphatic carbocycles. The summed E-state index contributed by atoms with van der Waals surface area (Å²) in [6, 6.07) is 25.6. The van der Waals surface area contributed by atoms with Crippen LogP contribution in [0.1, 0.15) is 39.4 Å². The minimum atomic E-state index is -0.964. The normalized spacial score (nSPS) is 20.4. The van der Waals surface area contributed by atoms with E-state index in [9.17, 15) is 14.7 Å². The Kier molecular flexibility index (Phi) is 5.45. The molecule has 3 aliphatic rings. The van der Waals surface area contributed by atoms with E-state index in [1.807, 2.05) is 48.5 Å². The van der Waals surface area contributed by atoms with E-state index in [1.54, 1.807) is 24.3 Å². The third-order valence-electron chi connectivity index (χ3n) is 8.18. The molecule has 9 heteroatoms. The lowest BCUT2D eigenvalue weighted by Gasteiger charge is -2.14. The molecule has 0 aromatic heterocycles. The zero-order valence-corrected chi connectivity index (χ0v) is 22.2. The van der Waals surface area contributed by atoms with E-state index in [0.717, 1.165) is 44.8 Å². The van der Waals surface area contributed by atoms with Gasteiger partial charge >= 0.3 is 5.97 Å². The van der Waals surface area contributed by atoms with Crippen LogP contribution < -0.4 is 21.4 Å². The summed E-state index contributed by atoms with van der Waals surface area (Å²) in [4.78, 5) is 25.0. The number of halogens is 1. The molecule has 40 heavy (non-hydrogen) atoms. The van der Waals surface area contributed by atoms with Gasteiger partial charge in [0.05, 0.1) is 21.7 Å². The van der Waals surface area contributed by atoms with Crippen LogP contribution in [0, 0.1) is 6.92 Å². The second-order valence-electron chi connectivity index (χ2n) is 10.4. The highest BCUT2D eigenvalue weighted by Crippen LogP contribution is 2.65. The van der Waals surface area contributed by atoms with Crippen molar-refractivity contribution in [3.63, 3.8) is 0 Å². The largest absolute Gasteiger partial charge is 0.478 e. The Morgan fingerprint density at radius 3 is 2.38 bits per heavy atom. The number of hydrazone groups is 1. The highest BCUT2D eigenvalue weighted by atomic mass is 35.5. The number of nitrogens with one attached hydrogen (secondary N) is 3. The fraction of sp³-hybridized carbons (Fsp3) is 0.129. The smallest absolute Gasteiger partial charge is 0.335 e. The standard InChI is InChI=1S/C31H24ClN5O3/c1-17-2-3-21(12-23(17)29(38)39)26-15-31(26)25-13-24(27(32)14-28(25)34-30(31)40)20-6-4-18(5-7-20)19-8-10-22(11-9-19)37-16-33-35-36-37/h2-14,16,26,35-36H,15H2,1H3,(H,34,40)(H,38,39). The van der Waals surface area contributed by atoms with Crippen molar-refractivity contribution < 1.29 is 14.7 Å². The lowest BCUT2D eigenvalue weighted by atomic mass is 9.89. The van der Waals surface area contributed by atoms with Gasteiger partial charge in [-0.15, -0.1) is 5.53 Å². The van der Waals surface area contributed by atoms with Gasteiger partial charge in [-0.3, -0.25) is 4.79 Å². The molecule has 2 unspecified atom stereocenters. The first-order valence-electron chi connectivity index (χ1n) is 12.9. The first-order chi connectivity index (χ1) is 19.3. The predicted octanol–water partition coefficient (Wildman–Crippen LogP) is 5.83. The molecule has 0 bridgehead atoms. The van der Waals surface area contributed by atoms with Crippen LogP contribution in [0.15, 0.2) is 84.0 Å². The number of carboxylic acid groups (broad SMARTS) is 1. The fourth-order valence-corrected chi connectivity index (χ4v) is 6.18. The highest BCUT2D eigenvalue weighted by Gasteiger charge is 2.65. The molecule has 198 valence electrons. The van der Waals surface area contributed by atoms with E-state index in [1.165, 1.54) is 0 Å². The maximum atomic E-state index is 13.3. The Morgan fingerprint density at radius 2 is 1.70 bits per heavy atom. The van der Waals surface area contributed by atoms with E-state index in [0.29, 0.717) is 17.0 Å². The maximum Gasteiger partial charge on any atom is 0.335 e. The molecule has 1 spiro atoms. The Morgan fingerprint density at radius 1 is 1.00 bits per heavy atom. The van der Waals surface area contributed by atoms with Crippen molar-refractivity contribution in [2.45, 2.75) is 24.7 Å². The van der Waals surface area contributed by atoms with Crippen LogP contribution in [-0.4, -0.2) is 23.3 Å². The molecular formula is C31H24ClN5O3. The van der Waals surface area contributed by atoms with Gasteiger partial charge in [-0.1, -0.05) is 60.1 Å². The summed E-state index contributed by atoms with van der Waals surface area (Å²) in [5.74, 6) is -1.12. The molecule has 2 heterocycles. The molecular weight excluding hydrogens is 526 g/mol. The zero-order valence-electron chi connectivity index (χ0n) is 21.4. The summed E-state index contributed by atoms with van der Waals surface area (Å²) >= 11 is 6.72. The van der Waals surface area contributed by atoms with E-state index < -0.39 is 11.4 Å². The van der Waals surface area contributed by atoms with Crippen LogP contribution in [-0.2, 0) is 10.2 Å². The van der Waals surface area contributed by atoms with Gasteiger partial charge in [0.1, 0.15) is 6.34 Å². The predicted molar refractivity (Wildman–Crippen MR) is 155 cm³/mol. The Bertz CT molecular complexity index is 1740. The van der Waals surface area contributed by atoms with Crippen molar-refractivity contribution >= 4 is 41.2 Å². The molecule has 4 N–H and O–H groups in total. The lowest BCUT2D eigenvalue weighted by molar-refractivity contribution is -0.118. The fourth-order valence-electron chi connectivity index (χ4n) is 5.91. The molecule has 0 saturated heterocycles. The molecule has 2 aliphatic heterocycles. The number of anilines is 2. The number of fused-ring (bicyclic) bond motifs is 2. The summed E-state index contributed by atoms with van der Waals surface area (Å²) in [6.07, 6.45) is 2.29.